The molecule has 1 heterocycles. The number of methoxy groups -OCH3 is 2. The average molecular weight is 441 g/mol. The van der Waals surface area contributed by atoms with E-state index in [2.05, 4.69) is 27.8 Å². The molecule has 0 fully saturated rings. The molecular weight excluding hydrogens is 416 g/mol. The Hall–Kier alpha value is -4.39. The first-order valence-electron chi connectivity index (χ1n) is 10.4. The van der Waals surface area contributed by atoms with Crippen molar-refractivity contribution in [1.29, 1.82) is 0 Å². The molecule has 0 spiro atoms. The SMILES string of the molecule is COC(=O)c1nnn(Cc2ccc(OC)cc2)c1NC1=C/C=C\C(c2ccccc2)=C/C=C\1. The Balaban J connectivity index is 1.58. The van der Waals surface area contributed by atoms with Gasteiger partial charge < -0.3 is 14.8 Å². The van der Waals surface area contributed by atoms with Gasteiger partial charge in [-0.25, -0.2) is 9.48 Å². The van der Waals surface area contributed by atoms with Crippen molar-refractivity contribution in [3.05, 3.63) is 114 Å². The number of aromatic nitrogens is 3. The van der Waals surface area contributed by atoms with Gasteiger partial charge in [-0.1, -0.05) is 72.0 Å². The van der Waals surface area contributed by atoms with Gasteiger partial charge >= 0.3 is 5.97 Å². The summed E-state index contributed by atoms with van der Waals surface area (Å²) in [4.78, 5) is 12.3. The fourth-order valence-electron chi connectivity index (χ4n) is 3.35. The van der Waals surface area contributed by atoms with Crippen molar-refractivity contribution < 1.29 is 14.3 Å². The van der Waals surface area contributed by atoms with Gasteiger partial charge in [0.2, 0.25) is 5.69 Å². The van der Waals surface area contributed by atoms with Crippen LogP contribution in [0.2, 0.25) is 0 Å². The standard InChI is InChI=1S/C26H24N4O3/c1-32-23-16-14-19(15-17-23)18-30-25(24(28-29-30)26(31)33-2)27-22-12-6-10-21(11-7-13-22)20-8-4-3-5-9-20/h3-17,27H,18H2,1-2H3/b10-6-,11-7?,12-6?,13-7-,21-10?,21-11+,22-12+,22-13?. The molecule has 33 heavy (non-hydrogen) atoms. The van der Waals surface area contributed by atoms with Crippen LogP contribution in [0.4, 0.5) is 5.82 Å². The maximum Gasteiger partial charge on any atom is 0.362 e. The molecule has 0 saturated heterocycles. The van der Waals surface area contributed by atoms with E-state index < -0.39 is 5.97 Å². The molecular formula is C26H24N4O3. The van der Waals surface area contributed by atoms with Crippen LogP contribution in [0.1, 0.15) is 21.6 Å². The monoisotopic (exact) mass is 440 g/mol. The van der Waals surface area contributed by atoms with Gasteiger partial charge in [0.05, 0.1) is 20.8 Å². The molecule has 0 atom stereocenters. The van der Waals surface area contributed by atoms with Crippen LogP contribution in [0.5, 0.6) is 5.75 Å². The van der Waals surface area contributed by atoms with Crippen LogP contribution in [0.3, 0.4) is 0 Å². The van der Waals surface area contributed by atoms with Gasteiger partial charge in [0.15, 0.2) is 5.82 Å². The molecule has 4 rings (SSSR count). The highest BCUT2D eigenvalue weighted by atomic mass is 16.5. The maximum absolute atomic E-state index is 12.3. The van der Waals surface area contributed by atoms with Crippen LogP contribution < -0.4 is 10.1 Å². The molecule has 0 saturated carbocycles. The molecule has 0 bridgehead atoms. The number of nitrogens with one attached hydrogen (secondary N) is 1. The van der Waals surface area contributed by atoms with E-state index in [0.29, 0.717) is 12.4 Å². The van der Waals surface area contributed by atoms with Gasteiger partial charge in [-0.2, -0.15) is 0 Å². The van der Waals surface area contributed by atoms with Crippen LogP contribution >= 0.6 is 0 Å². The molecule has 7 nitrogen and oxygen atoms in total. The van der Waals surface area contributed by atoms with Gasteiger partial charge in [-0.3, -0.25) is 0 Å². The third-order valence-corrected chi connectivity index (χ3v) is 5.08. The fraction of sp³-hybridized carbons (Fsp3) is 0.115. The van der Waals surface area contributed by atoms with Gasteiger partial charge in [-0.05, 0) is 41.0 Å². The van der Waals surface area contributed by atoms with Gasteiger partial charge in [0.25, 0.3) is 0 Å². The minimum absolute atomic E-state index is 0.117. The van der Waals surface area contributed by atoms with Crippen molar-refractivity contribution in [2.45, 2.75) is 6.54 Å². The Kier molecular flexibility index (Phi) is 6.80. The smallest absolute Gasteiger partial charge is 0.362 e. The number of carbonyl (C=O) groups is 1. The van der Waals surface area contributed by atoms with Crippen LogP contribution in [0.25, 0.3) is 5.57 Å². The number of esters is 1. The summed E-state index contributed by atoms with van der Waals surface area (Å²) in [7, 11) is 2.95. The number of hydrogen-bond donors (Lipinski definition) is 1. The third kappa shape index (κ3) is 5.27. The molecule has 3 aromatic rings. The van der Waals surface area contributed by atoms with E-state index in [-0.39, 0.29) is 5.69 Å². The maximum atomic E-state index is 12.3. The lowest BCUT2D eigenvalue weighted by molar-refractivity contribution is 0.0595. The highest BCUT2D eigenvalue weighted by molar-refractivity contribution is 5.92. The molecule has 1 N–H and O–H groups in total. The average Bonchev–Trinajstić information content (AvgIpc) is 3.23. The number of hydrogen-bond acceptors (Lipinski definition) is 6. The zero-order chi connectivity index (χ0) is 23.0. The lowest BCUT2D eigenvalue weighted by atomic mass is 10.0. The van der Waals surface area contributed by atoms with E-state index in [0.717, 1.165) is 28.1 Å². The lowest BCUT2D eigenvalue weighted by Gasteiger charge is -2.12. The van der Waals surface area contributed by atoms with E-state index in [1.54, 1.807) is 11.8 Å². The summed E-state index contributed by atoms with van der Waals surface area (Å²) in [6.45, 7) is 0.418. The Labute approximate surface area is 192 Å². The molecule has 7 heteroatoms. The van der Waals surface area contributed by atoms with Crippen molar-refractivity contribution in [2.75, 3.05) is 19.5 Å². The number of ether oxygens (including phenoxy) is 2. The molecule has 1 aromatic heterocycles. The molecule has 1 aliphatic carbocycles. The number of rotatable bonds is 7. The zero-order valence-corrected chi connectivity index (χ0v) is 18.4. The van der Waals surface area contributed by atoms with Gasteiger partial charge in [0, 0.05) is 5.70 Å². The summed E-state index contributed by atoms with van der Waals surface area (Å²) in [5, 5.41) is 11.5. The van der Waals surface area contributed by atoms with Gasteiger partial charge in [-0.15, -0.1) is 5.10 Å². The van der Waals surface area contributed by atoms with Crippen LogP contribution in [0, 0.1) is 0 Å². The van der Waals surface area contributed by atoms with Crippen LogP contribution in [-0.4, -0.2) is 35.2 Å². The van der Waals surface area contributed by atoms with E-state index in [1.165, 1.54) is 7.11 Å². The zero-order valence-electron chi connectivity index (χ0n) is 18.4. The second kappa shape index (κ2) is 10.3. The number of carbonyl (C=O) groups excluding carboxylic acids is 1. The minimum Gasteiger partial charge on any atom is -0.497 e. The van der Waals surface area contributed by atoms with E-state index >= 15 is 0 Å². The molecule has 2 aromatic carbocycles. The normalized spacial score (nSPS) is 18.0. The Bertz CT molecular complexity index is 1240. The van der Waals surface area contributed by atoms with Crippen molar-refractivity contribution in [1.82, 2.24) is 15.0 Å². The van der Waals surface area contributed by atoms with Crippen molar-refractivity contribution >= 4 is 17.4 Å². The summed E-state index contributed by atoms with van der Waals surface area (Å²) in [5.41, 5.74) is 4.11. The third-order valence-electron chi connectivity index (χ3n) is 5.08. The second-order valence-corrected chi connectivity index (χ2v) is 7.24. The minimum atomic E-state index is -0.560. The predicted octanol–water partition coefficient (Wildman–Crippen LogP) is 4.63. The Morgan fingerprint density at radius 2 is 1.73 bits per heavy atom. The Morgan fingerprint density at radius 1 is 0.970 bits per heavy atom. The summed E-state index contributed by atoms with van der Waals surface area (Å²) in [6.07, 6.45) is 11.8. The second-order valence-electron chi connectivity index (χ2n) is 7.24. The first-order chi connectivity index (χ1) is 16.2. The molecule has 0 radical (unpaired) electrons. The number of benzene rings is 2. The van der Waals surface area contributed by atoms with E-state index in [4.69, 9.17) is 9.47 Å². The predicted molar refractivity (Wildman–Crippen MR) is 128 cm³/mol. The van der Waals surface area contributed by atoms with E-state index in [9.17, 15) is 4.79 Å². The van der Waals surface area contributed by atoms with E-state index in [1.807, 2.05) is 78.9 Å². The van der Waals surface area contributed by atoms with Crippen molar-refractivity contribution in [2.24, 2.45) is 0 Å². The quantitative estimate of drug-likeness (QED) is 0.540. The topological polar surface area (TPSA) is 78.3 Å². The summed E-state index contributed by atoms with van der Waals surface area (Å²) in [5.74, 6) is 0.663. The molecule has 0 aliphatic heterocycles. The Morgan fingerprint density at radius 3 is 2.45 bits per heavy atom. The van der Waals surface area contributed by atoms with Gasteiger partial charge in [0.1, 0.15) is 5.75 Å². The number of allylic oxidation sites excluding steroid dienone is 7. The molecule has 1 aliphatic rings. The molecule has 0 unspecified atom stereocenters. The molecule has 166 valence electrons. The molecule has 0 amide bonds. The fourth-order valence-corrected chi connectivity index (χ4v) is 3.35. The summed E-state index contributed by atoms with van der Waals surface area (Å²) >= 11 is 0. The summed E-state index contributed by atoms with van der Waals surface area (Å²) < 4.78 is 11.7. The van der Waals surface area contributed by atoms with Crippen LogP contribution in [-0.2, 0) is 11.3 Å². The van der Waals surface area contributed by atoms with Crippen molar-refractivity contribution in [3.63, 3.8) is 0 Å². The summed E-state index contributed by atoms with van der Waals surface area (Å²) in [6, 6.07) is 17.8. The number of nitrogens with zero attached hydrogens (tertiary/aromatic N) is 3. The first kappa shape index (κ1) is 21.8. The highest BCUT2D eigenvalue weighted by Crippen LogP contribution is 2.22. The number of anilines is 1. The van der Waals surface area contributed by atoms with Crippen molar-refractivity contribution in [3.8, 4) is 5.75 Å². The lowest BCUT2D eigenvalue weighted by Crippen LogP contribution is -2.12. The largest absolute Gasteiger partial charge is 0.497 e. The van der Waals surface area contributed by atoms with Crippen LogP contribution in [0.15, 0.2) is 96.8 Å². The first-order valence-corrected chi connectivity index (χ1v) is 10.4. The highest BCUT2D eigenvalue weighted by Gasteiger charge is 2.21.